The van der Waals surface area contributed by atoms with Gasteiger partial charge in [0.05, 0.1) is 12.6 Å². The summed E-state index contributed by atoms with van der Waals surface area (Å²) < 4.78 is 11.7. The number of β-lactam (4-membered cyclic amide) rings is 1. The molecule has 0 unspecified atom stereocenters. The fourth-order valence-electron chi connectivity index (χ4n) is 4.30. The molecule has 0 spiro atoms. The van der Waals surface area contributed by atoms with E-state index in [1.54, 1.807) is 16.7 Å². The molecule has 2 amide bonds. The van der Waals surface area contributed by atoms with E-state index in [0.717, 1.165) is 11.1 Å². The molecule has 0 N–H and O–H groups in total. The van der Waals surface area contributed by atoms with Gasteiger partial charge >= 0.3 is 6.09 Å². The molecule has 4 rings (SSSR count). The van der Waals surface area contributed by atoms with Gasteiger partial charge in [0, 0.05) is 6.54 Å². The summed E-state index contributed by atoms with van der Waals surface area (Å²) in [5, 5.41) is 0. The van der Waals surface area contributed by atoms with E-state index in [-0.39, 0.29) is 24.5 Å². The molecule has 2 fully saturated rings. The fourth-order valence-corrected chi connectivity index (χ4v) is 4.30. The Morgan fingerprint density at radius 1 is 1.03 bits per heavy atom. The lowest BCUT2D eigenvalue weighted by Gasteiger charge is -2.53. The second-order valence-electron chi connectivity index (χ2n) is 8.47. The molecule has 2 saturated heterocycles. The Hall–Kier alpha value is -2.86. The van der Waals surface area contributed by atoms with E-state index in [9.17, 15) is 9.59 Å². The van der Waals surface area contributed by atoms with Crippen molar-refractivity contribution in [2.45, 2.75) is 51.8 Å². The van der Waals surface area contributed by atoms with Crippen molar-refractivity contribution in [1.29, 1.82) is 0 Å². The summed E-state index contributed by atoms with van der Waals surface area (Å²) in [5.41, 5.74) is 0.835. The molecule has 6 heteroatoms. The molecular formula is C24H28N2O4. The van der Waals surface area contributed by atoms with Crippen molar-refractivity contribution in [2.24, 2.45) is 5.92 Å². The molecule has 2 aliphatic heterocycles. The molecule has 6 nitrogen and oxygen atoms in total. The van der Waals surface area contributed by atoms with Gasteiger partial charge in [-0.05, 0) is 24.0 Å². The predicted molar refractivity (Wildman–Crippen MR) is 112 cm³/mol. The van der Waals surface area contributed by atoms with Gasteiger partial charge in [-0.25, -0.2) is 4.79 Å². The SMILES string of the molecule is CC(C)[C@H]1CN(C(=O)OCc2ccccc2)[C@@H]2N1C(=O)[C@]2(C)OCc1ccccc1. The van der Waals surface area contributed by atoms with Crippen molar-refractivity contribution in [3.05, 3.63) is 71.8 Å². The fraction of sp³-hybridized carbons (Fsp3) is 0.417. The first kappa shape index (κ1) is 20.4. The summed E-state index contributed by atoms with van der Waals surface area (Å²) in [7, 11) is 0. The zero-order valence-corrected chi connectivity index (χ0v) is 17.7. The van der Waals surface area contributed by atoms with Crippen LogP contribution >= 0.6 is 0 Å². The molecule has 0 aliphatic carbocycles. The molecule has 0 radical (unpaired) electrons. The van der Waals surface area contributed by atoms with Gasteiger partial charge in [0.15, 0.2) is 5.60 Å². The molecule has 0 saturated carbocycles. The Kier molecular flexibility index (Phi) is 5.52. The van der Waals surface area contributed by atoms with Crippen LogP contribution in [0.25, 0.3) is 0 Å². The number of rotatable bonds is 6. The van der Waals surface area contributed by atoms with Crippen molar-refractivity contribution >= 4 is 12.0 Å². The zero-order valence-electron chi connectivity index (χ0n) is 17.7. The van der Waals surface area contributed by atoms with E-state index in [0.29, 0.717) is 13.2 Å². The smallest absolute Gasteiger partial charge is 0.411 e. The van der Waals surface area contributed by atoms with Gasteiger partial charge in [-0.3, -0.25) is 9.69 Å². The van der Waals surface area contributed by atoms with Crippen molar-refractivity contribution in [3.63, 3.8) is 0 Å². The Balaban J connectivity index is 1.50. The molecule has 2 aromatic rings. The van der Waals surface area contributed by atoms with Crippen LogP contribution in [0.2, 0.25) is 0 Å². The van der Waals surface area contributed by atoms with Gasteiger partial charge in [0.25, 0.3) is 5.91 Å². The third kappa shape index (κ3) is 3.56. The van der Waals surface area contributed by atoms with E-state index in [1.807, 2.05) is 60.7 Å². The van der Waals surface area contributed by atoms with Crippen LogP contribution in [0.1, 0.15) is 31.9 Å². The van der Waals surface area contributed by atoms with Gasteiger partial charge in [0.2, 0.25) is 0 Å². The predicted octanol–water partition coefficient (Wildman–Crippen LogP) is 3.81. The quantitative estimate of drug-likeness (QED) is 0.682. The third-order valence-electron chi connectivity index (χ3n) is 6.04. The third-order valence-corrected chi connectivity index (χ3v) is 6.04. The molecule has 30 heavy (non-hydrogen) atoms. The number of benzene rings is 2. The minimum Gasteiger partial charge on any atom is -0.444 e. The summed E-state index contributed by atoms with van der Waals surface area (Å²) >= 11 is 0. The Bertz CT molecular complexity index is 902. The lowest BCUT2D eigenvalue weighted by molar-refractivity contribution is -0.214. The van der Waals surface area contributed by atoms with E-state index in [2.05, 4.69) is 13.8 Å². The van der Waals surface area contributed by atoms with Crippen molar-refractivity contribution in [2.75, 3.05) is 6.54 Å². The average molecular weight is 408 g/mol. The standard InChI is InChI=1S/C24H28N2O4/c1-17(2)20-14-25(23(28)29-15-18-10-6-4-7-11-18)21-24(3,22(27)26(20)21)30-16-19-12-8-5-9-13-19/h4-13,17,20-21H,14-16H2,1-3H3/t20-,21-,24-/m1/s1. The highest BCUT2D eigenvalue weighted by atomic mass is 16.6. The number of fused-ring (bicyclic) bond motifs is 1. The summed E-state index contributed by atoms with van der Waals surface area (Å²) in [6.45, 7) is 6.87. The van der Waals surface area contributed by atoms with Crippen LogP contribution in [0.15, 0.2) is 60.7 Å². The number of ether oxygens (including phenoxy) is 2. The Morgan fingerprint density at radius 3 is 2.17 bits per heavy atom. The van der Waals surface area contributed by atoms with E-state index < -0.39 is 17.9 Å². The second kappa shape index (κ2) is 8.11. The van der Waals surface area contributed by atoms with E-state index in [1.165, 1.54) is 0 Å². The van der Waals surface area contributed by atoms with Crippen molar-refractivity contribution in [1.82, 2.24) is 9.80 Å². The maximum atomic E-state index is 13.1. The Labute approximate surface area is 177 Å². The molecule has 2 aliphatic rings. The molecule has 158 valence electrons. The van der Waals surface area contributed by atoms with Gasteiger partial charge in [-0.1, -0.05) is 74.5 Å². The molecule has 2 heterocycles. The first-order chi connectivity index (χ1) is 14.4. The normalized spacial score (nSPS) is 25.3. The minimum atomic E-state index is -1.08. The minimum absolute atomic E-state index is 0.0415. The van der Waals surface area contributed by atoms with Crippen LogP contribution in [-0.2, 0) is 27.5 Å². The monoisotopic (exact) mass is 408 g/mol. The van der Waals surface area contributed by atoms with Gasteiger partial charge in [0.1, 0.15) is 12.8 Å². The topological polar surface area (TPSA) is 59.1 Å². The molecule has 3 atom stereocenters. The second-order valence-corrected chi connectivity index (χ2v) is 8.47. The van der Waals surface area contributed by atoms with Crippen LogP contribution in [0, 0.1) is 5.92 Å². The van der Waals surface area contributed by atoms with E-state index in [4.69, 9.17) is 9.47 Å². The molecule has 0 bridgehead atoms. The van der Waals surface area contributed by atoms with E-state index >= 15 is 0 Å². The van der Waals surface area contributed by atoms with Crippen LogP contribution in [0.3, 0.4) is 0 Å². The van der Waals surface area contributed by atoms with Gasteiger partial charge in [-0.15, -0.1) is 0 Å². The lowest BCUT2D eigenvalue weighted by atomic mass is 9.87. The number of amides is 2. The molecule has 2 aromatic carbocycles. The molecule has 0 aromatic heterocycles. The van der Waals surface area contributed by atoms with Gasteiger partial charge in [-0.2, -0.15) is 0 Å². The average Bonchev–Trinajstić information content (AvgIpc) is 3.16. The van der Waals surface area contributed by atoms with Crippen LogP contribution in [-0.4, -0.2) is 46.2 Å². The maximum Gasteiger partial charge on any atom is 0.411 e. The summed E-state index contributed by atoms with van der Waals surface area (Å²) in [5.74, 6) is 0.155. The lowest BCUT2D eigenvalue weighted by Crippen LogP contribution is -2.76. The van der Waals surface area contributed by atoms with Crippen LogP contribution in [0.5, 0.6) is 0 Å². The first-order valence-corrected chi connectivity index (χ1v) is 10.4. The van der Waals surface area contributed by atoms with Crippen LogP contribution < -0.4 is 0 Å². The number of nitrogens with zero attached hydrogens (tertiary/aromatic N) is 2. The first-order valence-electron chi connectivity index (χ1n) is 10.4. The van der Waals surface area contributed by atoms with Gasteiger partial charge < -0.3 is 14.4 Å². The highest BCUT2D eigenvalue weighted by molar-refractivity contribution is 5.95. The maximum absolute atomic E-state index is 13.1. The highest BCUT2D eigenvalue weighted by Crippen LogP contribution is 2.45. The highest BCUT2D eigenvalue weighted by Gasteiger charge is 2.68. The van der Waals surface area contributed by atoms with Crippen molar-refractivity contribution in [3.8, 4) is 0 Å². The number of carbonyl (C=O) groups is 2. The number of hydrogen-bond acceptors (Lipinski definition) is 4. The molecular weight excluding hydrogens is 380 g/mol. The summed E-state index contributed by atoms with van der Waals surface area (Å²) in [6.07, 6.45) is -0.872. The van der Waals surface area contributed by atoms with Crippen LogP contribution in [0.4, 0.5) is 4.79 Å². The number of carbonyl (C=O) groups excluding carboxylic acids is 2. The summed E-state index contributed by atoms with van der Waals surface area (Å²) in [4.78, 5) is 29.5. The zero-order chi connectivity index (χ0) is 21.3. The number of hydrogen-bond donors (Lipinski definition) is 0. The van der Waals surface area contributed by atoms with Crippen molar-refractivity contribution < 1.29 is 19.1 Å². The summed E-state index contributed by atoms with van der Waals surface area (Å²) in [6, 6.07) is 19.3. The largest absolute Gasteiger partial charge is 0.444 e. The Morgan fingerprint density at radius 2 is 1.60 bits per heavy atom.